The molecule has 8 nitrogen and oxygen atoms in total. The smallest absolute Gasteiger partial charge is 0.407 e. The van der Waals surface area contributed by atoms with Crippen LogP contribution in [0.4, 0.5) is 4.79 Å². The number of hydrogen-bond acceptors (Lipinski definition) is 5. The van der Waals surface area contributed by atoms with E-state index in [0.29, 0.717) is 30.8 Å². The van der Waals surface area contributed by atoms with Crippen molar-refractivity contribution >= 4 is 17.9 Å². The molecule has 0 radical (unpaired) electrons. The van der Waals surface area contributed by atoms with Gasteiger partial charge in [0.05, 0.1) is 18.2 Å². The van der Waals surface area contributed by atoms with Crippen LogP contribution in [-0.4, -0.2) is 54.6 Å². The second-order valence-electron chi connectivity index (χ2n) is 8.60. The lowest BCUT2D eigenvalue weighted by molar-refractivity contribution is -0.129. The Morgan fingerprint density at radius 1 is 1.21 bits per heavy atom. The molecule has 1 aliphatic heterocycles. The highest BCUT2D eigenvalue weighted by atomic mass is 16.6. The minimum Gasteiger partial charge on any atom is -0.444 e. The van der Waals surface area contributed by atoms with Gasteiger partial charge in [-0.3, -0.25) is 9.59 Å². The van der Waals surface area contributed by atoms with Gasteiger partial charge in [-0.1, -0.05) is 6.92 Å². The van der Waals surface area contributed by atoms with Crippen LogP contribution in [0.5, 0.6) is 0 Å². The van der Waals surface area contributed by atoms with Crippen LogP contribution in [0.2, 0.25) is 0 Å². The van der Waals surface area contributed by atoms with E-state index < -0.39 is 11.7 Å². The van der Waals surface area contributed by atoms with E-state index in [0.717, 1.165) is 6.42 Å². The lowest BCUT2D eigenvalue weighted by atomic mass is 9.90. The van der Waals surface area contributed by atoms with Gasteiger partial charge in [-0.2, -0.15) is 5.26 Å². The fraction of sp³-hybridized carbons (Fsp3) is 0.524. The molecule has 1 aliphatic rings. The van der Waals surface area contributed by atoms with Crippen LogP contribution >= 0.6 is 0 Å². The summed E-state index contributed by atoms with van der Waals surface area (Å²) in [5.74, 6) is -0.538. The molecule has 3 amide bonds. The lowest BCUT2D eigenvalue weighted by Gasteiger charge is -2.26. The predicted molar refractivity (Wildman–Crippen MR) is 107 cm³/mol. The molecule has 156 valence electrons. The largest absolute Gasteiger partial charge is 0.444 e. The first-order valence-corrected chi connectivity index (χ1v) is 9.54. The van der Waals surface area contributed by atoms with Crippen LogP contribution in [0.1, 0.15) is 50.0 Å². The first-order valence-electron chi connectivity index (χ1n) is 9.54. The molecule has 0 saturated carbocycles. The number of nitriles is 1. The van der Waals surface area contributed by atoms with Gasteiger partial charge in [0.2, 0.25) is 5.91 Å². The van der Waals surface area contributed by atoms with Gasteiger partial charge in [0, 0.05) is 30.6 Å². The van der Waals surface area contributed by atoms with E-state index in [1.54, 1.807) is 49.9 Å². The Bertz CT molecular complexity index is 807. The molecule has 0 aromatic heterocycles. The molecular formula is C21H28N4O4. The molecule has 8 heteroatoms. The van der Waals surface area contributed by atoms with Gasteiger partial charge in [0.15, 0.2) is 0 Å². The van der Waals surface area contributed by atoms with Crippen molar-refractivity contribution in [1.82, 2.24) is 15.5 Å². The summed E-state index contributed by atoms with van der Waals surface area (Å²) < 4.78 is 5.24. The number of rotatable bonds is 5. The van der Waals surface area contributed by atoms with Gasteiger partial charge in [0.25, 0.3) is 5.91 Å². The summed E-state index contributed by atoms with van der Waals surface area (Å²) in [6.45, 7) is 8.78. The van der Waals surface area contributed by atoms with Crippen molar-refractivity contribution in [1.29, 1.82) is 5.26 Å². The maximum Gasteiger partial charge on any atom is 0.407 e. The van der Waals surface area contributed by atoms with Crippen LogP contribution in [0.25, 0.3) is 0 Å². The molecule has 1 saturated heterocycles. The Labute approximate surface area is 171 Å². The van der Waals surface area contributed by atoms with Crippen LogP contribution in [0.15, 0.2) is 24.3 Å². The highest BCUT2D eigenvalue weighted by molar-refractivity contribution is 5.96. The number of alkyl carbamates (subject to hydrolysis) is 1. The molecule has 1 aromatic rings. The number of carbonyl (C=O) groups excluding carboxylic acids is 3. The van der Waals surface area contributed by atoms with Gasteiger partial charge in [-0.25, -0.2) is 4.79 Å². The zero-order chi connectivity index (χ0) is 21.7. The van der Waals surface area contributed by atoms with E-state index in [1.807, 2.05) is 13.0 Å². The minimum atomic E-state index is -0.560. The number of carbonyl (C=O) groups is 3. The molecule has 0 spiro atoms. The number of likely N-dealkylation sites (tertiary alicyclic amines) is 1. The standard InChI is InChI=1S/C21H28N4O4/c1-20(2,3)29-19(28)24-13-21(4)9-10-25(14-21)17(26)12-23-18(27)16-7-5-15(11-22)6-8-16/h5-8H,9-10,12-14H2,1-4H3,(H,23,27)(H,24,28)/t21-/m1/s1. The third-order valence-electron chi connectivity index (χ3n) is 4.65. The summed E-state index contributed by atoms with van der Waals surface area (Å²) in [5.41, 5.74) is 0.0538. The summed E-state index contributed by atoms with van der Waals surface area (Å²) in [4.78, 5) is 38.1. The summed E-state index contributed by atoms with van der Waals surface area (Å²) in [6, 6.07) is 8.20. The fourth-order valence-electron chi connectivity index (χ4n) is 3.05. The first-order chi connectivity index (χ1) is 13.5. The molecule has 1 aromatic carbocycles. The number of benzene rings is 1. The summed E-state index contributed by atoms with van der Waals surface area (Å²) in [6.07, 6.45) is 0.274. The zero-order valence-electron chi connectivity index (χ0n) is 17.4. The Morgan fingerprint density at radius 3 is 2.45 bits per heavy atom. The van der Waals surface area contributed by atoms with Crippen molar-refractivity contribution < 1.29 is 19.1 Å². The molecule has 1 fully saturated rings. The van der Waals surface area contributed by atoms with Crippen molar-refractivity contribution in [3.05, 3.63) is 35.4 Å². The molecule has 2 N–H and O–H groups in total. The van der Waals surface area contributed by atoms with Gasteiger partial charge >= 0.3 is 6.09 Å². The topological polar surface area (TPSA) is 112 Å². The average Bonchev–Trinajstić information content (AvgIpc) is 3.06. The molecular weight excluding hydrogens is 372 g/mol. The molecule has 1 atom stereocenters. The fourth-order valence-corrected chi connectivity index (χ4v) is 3.05. The van der Waals surface area contributed by atoms with Crippen molar-refractivity contribution in [3.63, 3.8) is 0 Å². The lowest BCUT2D eigenvalue weighted by Crippen LogP contribution is -2.43. The summed E-state index contributed by atoms with van der Waals surface area (Å²) in [7, 11) is 0. The van der Waals surface area contributed by atoms with Gasteiger partial charge in [-0.15, -0.1) is 0 Å². The molecule has 0 unspecified atom stereocenters. The van der Waals surface area contributed by atoms with Crippen molar-refractivity contribution in [3.8, 4) is 6.07 Å². The van der Waals surface area contributed by atoms with Gasteiger partial charge in [0.1, 0.15) is 5.60 Å². The summed E-state index contributed by atoms with van der Waals surface area (Å²) in [5, 5.41) is 14.2. The molecule has 1 heterocycles. The predicted octanol–water partition coefficient (Wildman–Crippen LogP) is 2.05. The monoisotopic (exact) mass is 400 g/mol. The second-order valence-corrected chi connectivity index (χ2v) is 8.60. The number of nitrogens with zero attached hydrogens (tertiary/aromatic N) is 2. The highest BCUT2D eigenvalue weighted by Crippen LogP contribution is 2.29. The van der Waals surface area contributed by atoms with Gasteiger partial charge in [-0.05, 0) is 51.5 Å². The van der Waals surface area contributed by atoms with Crippen molar-refractivity contribution in [2.24, 2.45) is 5.41 Å². The average molecular weight is 400 g/mol. The number of hydrogen-bond donors (Lipinski definition) is 2. The molecule has 0 bridgehead atoms. The third-order valence-corrected chi connectivity index (χ3v) is 4.65. The van der Waals surface area contributed by atoms with E-state index in [-0.39, 0.29) is 23.8 Å². The Kier molecular flexibility index (Phi) is 6.85. The quantitative estimate of drug-likeness (QED) is 0.786. The number of amides is 3. The first kappa shape index (κ1) is 22.2. The van der Waals surface area contributed by atoms with E-state index in [4.69, 9.17) is 10.00 Å². The number of ether oxygens (including phenoxy) is 1. The summed E-state index contributed by atoms with van der Waals surface area (Å²) >= 11 is 0. The van der Waals surface area contributed by atoms with Crippen LogP contribution in [0.3, 0.4) is 0 Å². The Morgan fingerprint density at radius 2 is 1.86 bits per heavy atom. The van der Waals surface area contributed by atoms with Gasteiger partial charge < -0.3 is 20.3 Å². The van der Waals surface area contributed by atoms with E-state index in [1.165, 1.54) is 0 Å². The van der Waals surface area contributed by atoms with Crippen molar-refractivity contribution in [2.45, 2.75) is 39.7 Å². The maximum atomic E-state index is 12.5. The number of nitrogens with one attached hydrogen (secondary N) is 2. The Balaban J connectivity index is 1.79. The highest BCUT2D eigenvalue weighted by Gasteiger charge is 2.36. The Hall–Kier alpha value is -3.08. The zero-order valence-corrected chi connectivity index (χ0v) is 17.4. The minimum absolute atomic E-state index is 0.103. The molecule has 29 heavy (non-hydrogen) atoms. The van der Waals surface area contributed by atoms with Crippen LogP contribution in [0, 0.1) is 16.7 Å². The third kappa shape index (κ3) is 6.79. The molecule has 0 aliphatic carbocycles. The van der Waals surface area contributed by atoms with E-state index in [2.05, 4.69) is 10.6 Å². The van der Waals surface area contributed by atoms with Crippen LogP contribution in [-0.2, 0) is 9.53 Å². The second kappa shape index (κ2) is 8.95. The van der Waals surface area contributed by atoms with Crippen molar-refractivity contribution in [2.75, 3.05) is 26.2 Å². The van der Waals surface area contributed by atoms with E-state index in [9.17, 15) is 14.4 Å². The van der Waals surface area contributed by atoms with Crippen LogP contribution < -0.4 is 10.6 Å². The normalized spacial score (nSPS) is 18.7. The molecule has 2 rings (SSSR count). The SMILES string of the molecule is CC(C)(C)OC(=O)NC[C@@]1(C)CCN(C(=O)CNC(=O)c2ccc(C#N)cc2)C1. The van der Waals surface area contributed by atoms with E-state index >= 15 is 0 Å². The maximum absolute atomic E-state index is 12.5.